The zero-order valence-corrected chi connectivity index (χ0v) is 13.6. The molecule has 0 unspecified atom stereocenters. The van der Waals surface area contributed by atoms with Gasteiger partial charge in [-0.15, -0.1) is 0 Å². The second-order valence-corrected chi connectivity index (χ2v) is 6.65. The normalized spacial score (nSPS) is 23.7. The van der Waals surface area contributed by atoms with Crippen molar-refractivity contribution in [3.63, 3.8) is 0 Å². The number of amides is 2. The first-order valence-electron chi connectivity index (χ1n) is 8.27. The van der Waals surface area contributed by atoms with E-state index < -0.39 is 5.41 Å². The second-order valence-electron chi connectivity index (χ2n) is 6.65. The standard InChI is InChI=1S/C18H24N2O3/c1-13-4-2-3-5-15(13)18(7-10-23-11-8-18)17(22)20-9-6-14(12-20)16(19)21/h2-5,14H,6-12H2,1H3,(H2,19,21)/t14-/m1/s1. The fourth-order valence-electron chi connectivity index (χ4n) is 3.91. The summed E-state index contributed by atoms with van der Waals surface area (Å²) in [4.78, 5) is 26.6. The molecule has 5 heteroatoms. The summed E-state index contributed by atoms with van der Waals surface area (Å²) in [5.41, 5.74) is 7.10. The van der Waals surface area contributed by atoms with E-state index in [-0.39, 0.29) is 17.7 Å². The Morgan fingerprint density at radius 3 is 2.57 bits per heavy atom. The minimum absolute atomic E-state index is 0.124. The van der Waals surface area contributed by atoms with E-state index in [4.69, 9.17) is 10.5 Å². The summed E-state index contributed by atoms with van der Waals surface area (Å²) in [5, 5.41) is 0. The Labute approximate surface area is 136 Å². The monoisotopic (exact) mass is 316 g/mol. The molecule has 124 valence electrons. The molecule has 2 aliphatic heterocycles. The van der Waals surface area contributed by atoms with E-state index in [9.17, 15) is 9.59 Å². The van der Waals surface area contributed by atoms with Crippen molar-refractivity contribution in [2.45, 2.75) is 31.6 Å². The lowest BCUT2D eigenvalue weighted by atomic mass is 9.71. The predicted molar refractivity (Wildman–Crippen MR) is 86.8 cm³/mol. The molecule has 3 rings (SSSR count). The van der Waals surface area contributed by atoms with Crippen LogP contribution in [0.5, 0.6) is 0 Å². The van der Waals surface area contributed by atoms with Gasteiger partial charge in [-0.25, -0.2) is 0 Å². The Bertz CT molecular complexity index is 608. The molecule has 0 radical (unpaired) electrons. The van der Waals surface area contributed by atoms with Gasteiger partial charge in [-0.2, -0.15) is 0 Å². The number of benzene rings is 1. The molecule has 0 bridgehead atoms. The van der Waals surface area contributed by atoms with E-state index in [1.807, 2.05) is 17.0 Å². The Hall–Kier alpha value is -1.88. The molecule has 2 saturated heterocycles. The fraction of sp³-hybridized carbons (Fsp3) is 0.556. The van der Waals surface area contributed by atoms with Crippen LogP contribution in [0.4, 0.5) is 0 Å². The van der Waals surface area contributed by atoms with Gasteiger partial charge in [-0.3, -0.25) is 9.59 Å². The van der Waals surface area contributed by atoms with Gasteiger partial charge in [0.1, 0.15) is 0 Å². The van der Waals surface area contributed by atoms with E-state index in [0.717, 1.165) is 11.1 Å². The van der Waals surface area contributed by atoms with E-state index in [2.05, 4.69) is 19.1 Å². The maximum absolute atomic E-state index is 13.4. The molecule has 1 aromatic rings. The molecular formula is C18H24N2O3. The highest BCUT2D eigenvalue weighted by molar-refractivity contribution is 5.90. The van der Waals surface area contributed by atoms with E-state index in [1.54, 1.807) is 0 Å². The van der Waals surface area contributed by atoms with Crippen molar-refractivity contribution in [2.75, 3.05) is 26.3 Å². The Balaban J connectivity index is 1.92. The summed E-state index contributed by atoms with van der Waals surface area (Å²) in [6, 6.07) is 8.09. The largest absolute Gasteiger partial charge is 0.381 e. The first-order chi connectivity index (χ1) is 11.0. The maximum Gasteiger partial charge on any atom is 0.233 e. The van der Waals surface area contributed by atoms with Crippen LogP contribution < -0.4 is 5.73 Å². The smallest absolute Gasteiger partial charge is 0.233 e. The van der Waals surface area contributed by atoms with Crippen molar-refractivity contribution in [3.05, 3.63) is 35.4 Å². The zero-order chi connectivity index (χ0) is 16.4. The lowest BCUT2D eigenvalue weighted by Gasteiger charge is -2.40. The highest BCUT2D eigenvalue weighted by Gasteiger charge is 2.46. The Kier molecular flexibility index (Phi) is 4.39. The molecule has 5 nitrogen and oxygen atoms in total. The number of hydrogen-bond donors (Lipinski definition) is 1. The van der Waals surface area contributed by atoms with Crippen molar-refractivity contribution >= 4 is 11.8 Å². The van der Waals surface area contributed by atoms with E-state index in [1.165, 1.54) is 0 Å². The van der Waals surface area contributed by atoms with Crippen LogP contribution in [-0.2, 0) is 19.7 Å². The number of carbonyl (C=O) groups is 2. The van der Waals surface area contributed by atoms with E-state index >= 15 is 0 Å². The van der Waals surface area contributed by atoms with Crippen LogP contribution in [0, 0.1) is 12.8 Å². The van der Waals surface area contributed by atoms with Crippen molar-refractivity contribution in [2.24, 2.45) is 11.7 Å². The van der Waals surface area contributed by atoms with Gasteiger partial charge in [-0.05, 0) is 37.3 Å². The van der Waals surface area contributed by atoms with E-state index in [0.29, 0.717) is 45.6 Å². The SMILES string of the molecule is Cc1ccccc1C1(C(=O)N2CC[C@@H](C(N)=O)C2)CCOCC1. The molecule has 2 amide bonds. The number of nitrogens with zero attached hydrogens (tertiary/aromatic N) is 1. The molecule has 2 heterocycles. The fourth-order valence-corrected chi connectivity index (χ4v) is 3.91. The molecule has 2 aliphatic rings. The lowest BCUT2D eigenvalue weighted by molar-refractivity contribution is -0.140. The number of ether oxygens (including phenoxy) is 1. The minimum Gasteiger partial charge on any atom is -0.381 e. The summed E-state index contributed by atoms with van der Waals surface area (Å²) < 4.78 is 5.51. The minimum atomic E-state index is -0.532. The van der Waals surface area contributed by atoms with Crippen LogP contribution in [0.15, 0.2) is 24.3 Å². The van der Waals surface area contributed by atoms with Crippen molar-refractivity contribution in [1.29, 1.82) is 0 Å². The number of aryl methyl sites for hydroxylation is 1. The average molecular weight is 316 g/mol. The molecule has 2 N–H and O–H groups in total. The zero-order valence-electron chi connectivity index (χ0n) is 13.6. The molecule has 1 aromatic carbocycles. The van der Waals surface area contributed by atoms with Gasteiger partial charge in [-0.1, -0.05) is 24.3 Å². The van der Waals surface area contributed by atoms with Crippen molar-refractivity contribution in [3.8, 4) is 0 Å². The molecule has 0 spiro atoms. The van der Waals surface area contributed by atoms with Gasteiger partial charge in [0.2, 0.25) is 11.8 Å². The summed E-state index contributed by atoms with van der Waals surface area (Å²) in [6.07, 6.45) is 2.05. The second kappa shape index (κ2) is 6.32. The van der Waals surface area contributed by atoms with Crippen LogP contribution >= 0.6 is 0 Å². The Morgan fingerprint density at radius 2 is 1.96 bits per heavy atom. The number of nitrogens with two attached hydrogens (primary N) is 1. The molecule has 0 saturated carbocycles. The van der Waals surface area contributed by atoms with Gasteiger partial charge in [0.25, 0.3) is 0 Å². The molecule has 0 aliphatic carbocycles. The van der Waals surface area contributed by atoms with Gasteiger partial charge >= 0.3 is 0 Å². The number of primary amides is 1. The highest BCUT2D eigenvalue weighted by atomic mass is 16.5. The van der Waals surface area contributed by atoms with Crippen LogP contribution in [0.2, 0.25) is 0 Å². The van der Waals surface area contributed by atoms with Gasteiger partial charge in [0.15, 0.2) is 0 Å². The summed E-state index contributed by atoms with van der Waals surface area (Å²) in [7, 11) is 0. The van der Waals surface area contributed by atoms with Crippen LogP contribution in [-0.4, -0.2) is 43.0 Å². The molecule has 1 atom stereocenters. The van der Waals surface area contributed by atoms with Gasteiger partial charge < -0.3 is 15.4 Å². The molecular weight excluding hydrogens is 292 g/mol. The number of hydrogen-bond acceptors (Lipinski definition) is 3. The van der Waals surface area contributed by atoms with Gasteiger partial charge in [0, 0.05) is 26.3 Å². The number of carbonyl (C=O) groups excluding carboxylic acids is 2. The average Bonchev–Trinajstić information content (AvgIpc) is 3.05. The van der Waals surface area contributed by atoms with Crippen LogP contribution in [0.3, 0.4) is 0 Å². The summed E-state index contributed by atoms with van der Waals surface area (Å²) >= 11 is 0. The lowest BCUT2D eigenvalue weighted by Crippen LogP contribution is -2.49. The summed E-state index contributed by atoms with van der Waals surface area (Å²) in [5.74, 6) is -0.399. The van der Waals surface area contributed by atoms with Crippen molar-refractivity contribution in [1.82, 2.24) is 4.90 Å². The number of rotatable bonds is 3. The molecule has 0 aromatic heterocycles. The van der Waals surface area contributed by atoms with Gasteiger partial charge in [0.05, 0.1) is 11.3 Å². The highest BCUT2D eigenvalue weighted by Crippen LogP contribution is 2.39. The summed E-state index contributed by atoms with van der Waals surface area (Å²) in [6.45, 7) is 4.29. The number of likely N-dealkylation sites (tertiary alicyclic amines) is 1. The molecule has 2 fully saturated rings. The Morgan fingerprint density at radius 1 is 1.26 bits per heavy atom. The molecule has 23 heavy (non-hydrogen) atoms. The maximum atomic E-state index is 13.4. The topological polar surface area (TPSA) is 72.6 Å². The van der Waals surface area contributed by atoms with Crippen LogP contribution in [0.25, 0.3) is 0 Å². The third-order valence-electron chi connectivity index (χ3n) is 5.29. The third-order valence-corrected chi connectivity index (χ3v) is 5.29. The predicted octanol–water partition coefficient (Wildman–Crippen LogP) is 1.38. The third kappa shape index (κ3) is 2.85. The van der Waals surface area contributed by atoms with Crippen molar-refractivity contribution < 1.29 is 14.3 Å². The van der Waals surface area contributed by atoms with Crippen LogP contribution in [0.1, 0.15) is 30.4 Å². The first-order valence-corrected chi connectivity index (χ1v) is 8.27. The first kappa shape index (κ1) is 16.0. The quantitative estimate of drug-likeness (QED) is 0.915.